The molecule has 20 heavy (non-hydrogen) atoms. The van der Waals surface area contributed by atoms with Gasteiger partial charge in [0, 0.05) is 12.5 Å². The van der Waals surface area contributed by atoms with Crippen LogP contribution in [0.2, 0.25) is 0 Å². The summed E-state index contributed by atoms with van der Waals surface area (Å²) in [6.45, 7) is 4.53. The molecule has 3 heterocycles. The van der Waals surface area contributed by atoms with Gasteiger partial charge in [0.1, 0.15) is 0 Å². The van der Waals surface area contributed by atoms with Gasteiger partial charge in [0.2, 0.25) is 0 Å². The van der Waals surface area contributed by atoms with Crippen LogP contribution in [0.15, 0.2) is 21.7 Å². The fourth-order valence-electron chi connectivity index (χ4n) is 5.19. The van der Waals surface area contributed by atoms with E-state index in [9.17, 15) is 9.59 Å². The highest BCUT2D eigenvalue weighted by Gasteiger charge is 2.59. The Bertz CT molecular complexity index is 720. The molecular weight excluding hydrogens is 254 g/mol. The van der Waals surface area contributed by atoms with Crippen molar-refractivity contribution in [1.82, 2.24) is 13.9 Å². The van der Waals surface area contributed by atoms with Crippen LogP contribution in [0.1, 0.15) is 45.2 Å². The molecule has 4 atom stereocenters. The first-order chi connectivity index (χ1) is 9.50. The lowest BCUT2D eigenvalue weighted by Crippen LogP contribution is -2.55. The molecule has 108 valence electrons. The van der Waals surface area contributed by atoms with Crippen LogP contribution in [-0.4, -0.2) is 13.9 Å². The highest BCUT2D eigenvalue weighted by atomic mass is 16.2. The minimum atomic E-state index is -0.168. The smallest absolute Gasteiger partial charge is 0.246 e. The third-order valence-electron chi connectivity index (χ3n) is 6.09. The van der Waals surface area contributed by atoms with Gasteiger partial charge in [0.15, 0.2) is 0 Å². The molecule has 0 unspecified atom stereocenters. The van der Waals surface area contributed by atoms with E-state index in [1.165, 1.54) is 17.4 Å². The Morgan fingerprint density at radius 3 is 2.60 bits per heavy atom. The summed E-state index contributed by atoms with van der Waals surface area (Å²) in [4.78, 5) is 24.8. The first-order valence-corrected chi connectivity index (χ1v) is 7.58. The average Bonchev–Trinajstić information content (AvgIpc) is 2.99. The zero-order chi connectivity index (χ0) is 14.2. The second-order valence-corrected chi connectivity index (χ2v) is 6.90. The lowest BCUT2D eigenvalue weighted by Gasteiger charge is -2.54. The average molecular weight is 275 g/mol. The molecule has 5 nitrogen and oxygen atoms in total. The molecule has 1 saturated carbocycles. The Balaban J connectivity index is 2.06. The fourth-order valence-corrected chi connectivity index (χ4v) is 5.19. The standard InChI is InChI=1S/C15H21N3O2/c1-9(2)15-8-4-5-10(15)11-6-7-12(15)18-14(20)16(3)13(19)17(11)18/h6-7,9-12H,4-5,8H2,1-3H3/t10-,11+,12+,15+/m0/s1. The third-order valence-corrected chi connectivity index (χ3v) is 6.09. The molecule has 0 amide bonds. The lowest BCUT2D eigenvalue weighted by atomic mass is 9.59. The van der Waals surface area contributed by atoms with Crippen molar-refractivity contribution in [2.75, 3.05) is 0 Å². The van der Waals surface area contributed by atoms with Crippen molar-refractivity contribution in [2.45, 2.75) is 45.2 Å². The van der Waals surface area contributed by atoms with Gasteiger partial charge < -0.3 is 0 Å². The first-order valence-electron chi connectivity index (χ1n) is 7.58. The van der Waals surface area contributed by atoms with E-state index in [0.29, 0.717) is 11.8 Å². The number of aromatic nitrogens is 3. The van der Waals surface area contributed by atoms with Gasteiger partial charge in [-0.05, 0) is 24.7 Å². The summed E-state index contributed by atoms with van der Waals surface area (Å²) < 4.78 is 4.69. The fraction of sp³-hybridized carbons (Fsp3) is 0.733. The van der Waals surface area contributed by atoms with Crippen molar-refractivity contribution in [3.05, 3.63) is 33.1 Å². The normalized spacial score (nSPS) is 37.5. The Morgan fingerprint density at radius 2 is 1.90 bits per heavy atom. The maximum atomic E-state index is 12.4. The van der Waals surface area contributed by atoms with E-state index in [4.69, 9.17) is 0 Å². The molecule has 0 spiro atoms. The molecule has 1 fully saturated rings. The summed E-state index contributed by atoms with van der Waals surface area (Å²) in [7, 11) is 1.58. The molecule has 1 aromatic rings. The van der Waals surface area contributed by atoms with Gasteiger partial charge in [-0.1, -0.05) is 32.4 Å². The molecule has 2 aliphatic carbocycles. The topological polar surface area (TPSA) is 48.9 Å². The van der Waals surface area contributed by atoms with Crippen molar-refractivity contribution in [1.29, 1.82) is 0 Å². The first kappa shape index (κ1) is 12.2. The van der Waals surface area contributed by atoms with Crippen LogP contribution in [-0.2, 0) is 7.05 Å². The Labute approximate surface area is 117 Å². The van der Waals surface area contributed by atoms with Crippen LogP contribution in [0, 0.1) is 17.3 Å². The van der Waals surface area contributed by atoms with Crippen molar-refractivity contribution >= 4 is 0 Å². The van der Waals surface area contributed by atoms with Crippen molar-refractivity contribution < 1.29 is 0 Å². The maximum Gasteiger partial charge on any atom is 0.347 e. The van der Waals surface area contributed by atoms with Crippen LogP contribution in [0.4, 0.5) is 0 Å². The van der Waals surface area contributed by atoms with Crippen LogP contribution in [0.25, 0.3) is 0 Å². The predicted molar refractivity (Wildman–Crippen MR) is 75.8 cm³/mol. The van der Waals surface area contributed by atoms with Crippen molar-refractivity contribution in [3.63, 3.8) is 0 Å². The lowest BCUT2D eigenvalue weighted by molar-refractivity contribution is -0.0189. The molecule has 4 aliphatic rings. The van der Waals surface area contributed by atoms with E-state index < -0.39 is 0 Å². The molecule has 2 aliphatic heterocycles. The molecule has 1 aromatic heterocycles. The Kier molecular flexibility index (Phi) is 2.18. The van der Waals surface area contributed by atoms with Gasteiger partial charge in [-0.3, -0.25) is 0 Å². The molecule has 0 aromatic carbocycles. The summed E-state index contributed by atoms with van der Waals surface area (Å²) in [6.07, 6.45) is 7.86. The summed E-state index contributed by atoms with van der Waals surface area (Å²) >= 11 is 0. The van der Waals surface area contributed by atoms with Gasteiger partial charge in [-0.2, -0.15) is 0 Å². The molecule has 5 heteroatoms. The predicted octanol–water partition coefficient (Wildman–Crippen LogP) is 1.46. The summed E-state index contributed by atoms with van der Waals surface area (Å²) in [6, 6.07) is 0.104. The van der Waals surface area contributed by atoms with Gasteiger partial charge in [0.05, 0.1) is 12.1 Å². The molecule has 0 saturated heterocycles. The highest BCUT2D eigenvalue weighted by molar-refractivity contribution is 5.21. The van der Waals surface area contributed by atoms with Crippen LogP contribution in [0.3, 0.4) is 0 Å². The monoisotopic (exact) mass is 275 g/mol. The van der Waals surface area contributed by atoms with Gasteiger partial charge in [-0.15, -0.1) is 0 Å². The van der Waals surface area contributed by atoms with E-state index >= 15 is 0 Å². The molecule has 0 radical (unpaired) electrons. The summed E-state index contributed by atoms with van der Waals surface area (Å²) in [5.41, 5.74) is -0.185. The minimum absolute atomic E-state index is 0.0430. The van der Waals surface area contributed by atoms with Crippen molar-refractivity contribution in [3.8, 4) is 0 Å². The zero-order valence-corrected chi connectivity index (χ0v) is 12.2. The number of allylic oxidation sites excluding steroid dienone is 2. The third kappa shape index (κ3) is 1.08. The van der Waals surface area contributed by atoms with E-state index in [1.54, 1.807) is 16.4 Å². The molecule has 5 rings (SSSR count). The molecule has 0 N–H and O–H groups in total. The van der Waals surface area contributed by atoms with Gasteiger partial charge in [-0.25, -0.2) is 23.5 Å². The number of hydrogen-bond donors (Lipinski definition) is 0. The van der Waals surface area contributed by atoms with E-state index in [-0.39, 0.29) is 28.9 Å². The Hall–Kier alpha value is -1.52. The summed E-state index contributed by atoms with van der Waals surface area (Å²) in [5, 5.41) is 0. The van der Waals surface area contributed by atoms with Gasteiger partial charge >= 0.3 is 11.4 Å². The maximum absolute atomic E-state index is 12.4. The van der Waals surface area contributed by atoms with Gasteiger partial charge in [0.25, 0.3) is 0 Å². The van der Waals surface area contributed by atoms with Crippen LogP contribution < -0.4 is 11.4 Å². The van der Waals surface area contributed by atoms with E-state index in [1.807, 2.05) is 0 Å². The van der Waals surface area contributed by atoms with E-state index in [0.717, 1.165) is 6.42 Å². The second kappa shape index (κ2) is 3.57. The molecule has 2 bridgehead atoms. The second-order valence-electron chi connectivity index (χ2n) is 6.90. The zero-order valence-electron chi connectivity index (χ0n) is 12.2. The molecular formula is C15H21N3O2. The van der Waals surface area contributed by atoms with Crippen molar-refractivity contribution in [2.24, 2.45) is 24.3 Å². The largest absolute Gasteiger partial charge is 0.347 e. The number of rotatable bonds is 1. The number of hydrogen-bond acceptors (Lipinski definition) is 2. The Morgan fingerprint density at radius 1 is 1.20 bits per heavy atom. The quantitative estimate of drug-likeness (QED) is 0.728. The van der Waals surface area contributed by atoms with Crippen LogP contribution >= 0.6 is 0 Å². The summed E-state index contributed by atoms with van der Waals surface area (Å²) in [5.74, 6) is 1.01. The number of nitrogens with zero attached hydrogens (tertiary/aromatic N) is 3. The minimum Gasteiger partial charge on any atom is -0.246 e. The SMILES string of the molecule is CC(C)[C@]12CCC[C@H]1[C@H]1C=C[C@H]2n2c(=O)n(C)c(=O)n21. The van der Waals surface area contributed by atoms with E-state index in [2.05, 4.69) is 26.0 Å². The highest BCUT2D eigenvalue weighted by Crippen LogP contribution is 2.63. The van der Waals surface area contributed by atoms with Crippen LogP contribution in [0.5, 0.6) is 0 Å².